The van der Waals surface area contributed by atoms with Crippen LogP contribution in [0.25, 0.3) is 22.2 Å². The first-order valence-electron chi connectivity index (χ1n) is 14.6. The highest BCUT2D eigenvalue weighted by atomic mass is 35.5. The highest BCUT2D eigenvalue weighted by Gasteiger charge is 2.29. The Hall–Kier alpha value is -3.84. The van der Waals surface area contributed by atoms with Crippen LogP contribution in [-0.2, 0) is 21.2 Å². The molecule has 5 rings (SSSR count). The molecule has 1 N–H and O–H groups in total. The predicted molar refractivity (Wildman–Crippen MR) is 180 cm³/mol. The Kier molecular flexibility index (Phi) is 10.4. The smallest absolute Gasteiger partial charge is 0.179 e. The first kappa shape index (κ1) is 33.5. The Morgan fingerprint density at radius 3 is 2.54 bits per heavy atom. The predicted octanol–water partition coefficient (Wildman–Crippen LogP) is 8.51. The summed E-state index contributed by atoms with van der Waals surface area (Å²) in [5.41, 5.74) is 2.41. The van der Waals surface area contributed by atoms with Crippen LogP contribution in [0.4, 0.5) is 15.9 Å². The maximum absolute atomic E-state index is 13.5. The fourth-order valence-corrected chi connectivity index (χ4v) is 6.98. The second-order valence-electron chi connectivity index (χ2n) is 10.8. The minimum absolute atomic E-state index is 0.172. The van der Waals surface area contributed by atoms with Crippen LogP contribution in [0.1, 0.15) is 50.8 Å². The zero-order valence-electron chi connectivity index (χ0n) is 26.0. The number of methoxy groups -OCH3 is 1. The Morgan fingerprint density at radius 1 is 1.04 bits per heavy atom. The summed E-state index contributed by atoms with van der Waals surface area (Å²) in [5.74, 6) is 1.24. The molecule has 0 aliphatic carbocycles. The fraction of sp³-hybridized carbons (Fsp3) is 0.303. The van der Waals surface area contributed by atoms with Crippen LogP contribution in [0, 0.1) is 5.82 Å². The normalized spacial score (nSPS) is 13.1. The fourth-order valence-electron chi connectivity index (χ4n) is 4.75. The lowest BCUT2D eigenvalue weighted by atomic mass is 10.1. The van der Waals surface area contributed by atoms with Crippen LogP contribution in [0.5, 0.6) is 11.5 Å². The number of anilines is 2. The Bertz CT molecular complexity index is 1950. The van der Waals surface area contributed by atoms with Gasteiger partial charge in [-0.25, -0.2) is 27.8 Å². The van der Waals surface area contributed by atoms with Crippen molar-refractivity contribution in [3.63, 3.8) is 0 Å². The lowest BCUT2D eigenvalue weighted by Crippen LogP contribution is -2.29. The molecule has 0 spiro atoms. The third-order valence-corrected chi connectivity index (χ3v) is 10.9. The van der Waals surface area contributed by atoms with Gasteiger partial charge in [0.2, 0.25) is 0 Å². The van der Waals surface area contributed by atoms with E-state index in [0.29, 0.717) is 61.8 Å². The number of nitrogens with zero attached hydrogens (tertiary/aromatic N) is 3. The van der Waals surface area contributed by atoms with Gasteiger partial charge in [-0.3, -0.25) is 0 Å². The van der Waals surface area contributed by atoms with E-state index in [2.05, 4.69) is 15.3 Å². The van der Waals surface area contributed by atoms with Gasteiger partial charge in [0.05, 0.1) is 28.6 Å². The van der Waals surface area contributed by atoms with Gasteiger partial charge >= 0.3 is 0 Å². The Labute approximate surface area is 276 Å². The average Bonchev–Trinajstić information content (AvgIpc) is 3.52. The van der Waals surface area contributed by atoms with Gasteiger partial charge in [0.1, 0.15) is 47.2 Å². The summed E-state index contributed by atoms with van der Waals surface area (Å²) in [6, 6.07) is 15.2. The zero-order chi connectivity index (χ0) is 33.0. The summed E-state index contributed by atoms with van der Waals surface area (Å²) >= 11 is 7.93. The van der Waals surface area contributed by atoms with Crippen LogP contribution in [0.2, 0.25) is 5.02 Å². The summed E-state index contributed by atoms with van der Waals surface area (Å²) in [5, 5.41) is 6.42. The first-order valence-corrected chi connectivity index (χ1v) is 17.5. The van der Waals surface area contributed by atoms with E-state index in [1.807, 2.05) is 30.5 Å². The topological polar surface area (TPSA) is 113 Å². The Morgan fingerprint density at radius 2 is 1.85 bits per heavy atom. The molecule has 2 heterocycles. The number of benzene rings is 3. The zero-order valence-corrected chi connectivity index (χ0v) is 28.3. The quantitative estimate of drug-likeness (QED) is 0.130. The van der Waals surface area contributed by atoms with Crippen molar-refractivity contribution >= 4 is 55.2 Å². The summed E-state index contributed by atoms with van der Waals surface area (Å²) in [7, 11) is -1.86. The number of rotatable bonds is 13. The third-order valence-electron chi connectivity index (χ3n) is 7.35. The molecule has 3 aromatic carbocycles. The van der Waals surface area contributed by atoms with E-state index in [1.165, 1.54) is 29.8 Å². The van der Waals surface area contributed by atoms with Gasteiger partial charge in [-0.1, -0.05) is 30.7 Å². The van der Waals surface area contributed by atoms with Gasteiger partial charge in [-0.2, -0.15) is 0 Å². The van der Waals surface area contributed by atoms with Crippen molar-refractivity contribution in [3.8, 4) is 22.8 Å². The maximum Gasteiger partial charge on any atom is 0.179 e. The number of aromatic nitrogens is 3. The molecule has 2 atom stereocenters. The molecule has 0 saturated heterocycles. The summed E-state index contributed by atoms with van der Waals surface area (Å²) in [6.45, 7) is 6.96. The number of fused-ring (bicyclic) bond motifs is 1. The van der Waals surface area contributed by atoms with Gasteiger partial charge in [0, 0.05) is 28.1 Å². The molecule has 0 saturated carbocycles. The van der Waals surface area contributed by atoms with Crippen LogP contribution < -0.4 is 14.8 Å². The van der Waals surface area contributed by atoms with Crippen molar-refractivity contribution in [3.05, 3.63) is 87.7 Å². The molecule has 0 amide bonds. The summed E-state index contributed by atoms with van der Waals surface area (Å²) in [4.78, 5) is 13.7. The minimum atomic E-state index is -3.44. The van der Waals surface area contributed by atoms with Gasteiger partial charge < -0.3 is 19.5 Å². The Balaban J connectivity index is 1.40. The van der Waals surface area contributed by atoms with Crippen molar-refractivity contribution in [2.24, 2.45) is 0 Å². The molecule has 0 aliphatic heterocycles. The second kappa shape index (κ2) is 14.3. The van der Waals surface area contributed by atoms with Crippen LogP contribution in [0.3, 0.4) is 0 Å². The SMILES string of the molecule is CCC(OC(C)S(=O)(=O)C(C)C)c1nc(-c2cc3c(Nc4ccc(OCc5cccc(F)c5)c(Cl)c4)ncnc3cc2OC)cs1. The number of ether oxygens (including phenoxy) is 3. The van der Waals surface area contributed by atoms with Crippen LogP contribution in [0.15, 0.2) is 66.3 Å². The number of halogens is 2. The standard InChI is InChI=1S/C33H34ClFN4O5S2/c1-6-29(44-20(4)46(40,41)19(2)3)33-39-28(17-45-33)24-14-25-27(15-31(24)42-5)36-18-37-32(25)38-23-10-11-30(26(34)13-23)43-16-21-8-7-9-22(35)12-21/h7-15,17-20,29H,6,16H2,1-5H3,(H,36,37,38). The second-order valence-corrected chi connectivity index (χ2v) is 14.9. The molecule has 0 aliphatic rings. The first-order chi connectivity index (χ1) is 22.0. The molecule has 9 nitrogen and oxygen atoms in total. The number of hydrogen-bond acceptors (Lipinski definition) is 10. The van der Waals surface area contributed by atoms with Gasteiger partial charge in [-0.05, 0) is 69.2 Å². The highest BCUT2D eigenvalue weighted by molar-refractivity contribution is 7.92. The largest absolute Gasteiger partial charge is 0.496 e. The van der Waals surface area contributed by atoms with E-state index >= 15 is 0 Å². The van der Waals surface area contributed by atoms with E-state index in [-0.39, 0.29) is 12.4 Å². The third kappa shape index (κ3) is 7.41. The molecule has 13 heteroatoms. The monoisotopic (exact) mass is 684 g/mol. The van der Waals surface area contributed by atoms with E-state index < -0.39 is 26.6 Å². The number of nitrogens with one attached hydrogen (secondary N) is 1. The van der Waals surface area contributed by atoms with Crippen molar-refractivity contribution in [1.29, 1.82) is 0 Å². The summed E-state index contributed by atoms with van der Waals surface area (Å²) < 4.78 is 56.3. The molecule has 5 aromatic rings. The molecular weight excluding hydrogens is 651 g/mol. The number of sulfone groups is 1. The lowest BCUT2D eigenvalue weighted by Gasteiger charge is -2.21. The molecular formula is C33H34ClFN4O5S2. The van der Waals surface area contributed by atoms with Crippen molar-refractivity contribution in [2.45, 2.75) is 57.5 Å². The van der Waals surface area contributed by atoms with Crippen molar-refractivity contribution in [2.75, 3.05) is 12.4 Å². The molecule has 0 radical (unpaired) electrons. The summed E-state index contributed by atoms with van der Waals surface area (Å²) in [6.07, 6.45) is 1.52. The van der Waals surface area contributed by atoms with Gasteiger partial charge in [-0.15, -0.1) is 11.3 Å². The molecule has 2 unspecified atom stereocenters. The van der Waals surface area contributed by atoms with E-state index in [0.717, 1.165) is 5.39 Å². The number of thiazole rings is 1. The van der Waals surface area contributed by atoms with Gasteiger partial charge in [0.15, 0.2) is 15.3 Å². The molecule has 242 valence electrons. The van der Waals surface area contributed by atoms with Crippen LogP contribution >= 0.6 is 22.9 Å². The molecule has 0 fully saturated rings. The van der Waals surface area contributed by atoms with Gasteiger partial charge in [0.25, 0.3) is 0 Å². The van der Waals surface area contributed by atoms with E-state index in [1.54, 1.807) is 52.1 Å². The van der Waals surface area contributed by atoms with Crippen LogP contribution in [-0.4, -0.2) is 41.2 Å². The highest BCUT2D eigenvalue weighted by Crippen LogP contribution is 2.39. The minimum Gasteiger partial charge on any atom is -0.496 e. The molecule has 0 bridgehead atoms. The lowest BCUT2D eigenvalue weighted by molar-refractivity contribution is 0.0349. The van der Waals surface area contributed by atoms with Crippen molar-refractivity contribution < 1.29 is 27.0 Å². The molecule has 46 heavy (non-hydrogen) atoms. The van der Waals surface area contributed by atoms with E-state index in [9.17, 15) is 12.8 Å². The van der Waals surface area contributed by atoms with Crippen molar-refractivity contribution in [1.82, 2.24) is 15.0 Å². The number of hydrogen-bond donors (Lipinski definition) is 1. The maximum atomic E-state index is 13.5. The average molecular weight is 685 g/mol. The molecule has 2 aromatic heterocycles. The van der Waals surface area contributed by atoms with E-state index in [4.69, 9.17) is 30.8 Å².